The van der Waals surface area contributed by atoms with Crippen molar-refractivity contribution >= 4 is 11.9 Å². The Morgan fingerprint density at radius 3 is 1.93 bits per heavy atom. The lowest BCUT2D eigenvalue weighted by atomic mass is 10.1. The number of ether oxygens (including phenoxy) is 1. The molecule has 0 unspecified atom stereocenters. The summed E-state index contributed by atoms with van der Waals surface area (Å²) in [5.74, 6) is -2.90. The van der Waals surface area contributed by atoms with Gasteiger partial charge in [0.1, 0.15) is 6.04 Å². The molecular weight excluding hydrogens is 219 g/mol. The number of rotatable bonds is 1. The van der Waals surface area contributed by atoms with Crippen molar-refractivity contribution in [2.75, 3.05) is 13.7 Å². The number of carboxylic acid groups (broad SMARTS) is 1. The van der Waals surface area contributed by atoms with Crippen LogP contribution in [-0.4, -0.2) is 42.9 Å². The molecule has 1 fully saturated rings. The van der Waals surface area contributed by atoms with Crippen LogP contribution < -0.4 is 5.32 Å². The predicted octanol–water partition coefficient (Wildman–Crippen LogP) is 0.155. The molecule has 1 heterocycles. The van der Waals surface area contributed by atoms with Gasteiger partial charge in [-0.3, -0.25) is 4.79 Å². The molecule has 5 nitrogen and oxygen atoms in total. The van der Waals surface area contributed by atoms with Crippen molar-refractivity contribution in [1.82, 2.24) is 5.32 Å². The molecule has 0 aromatic heterocycles. The summed E-state index contributed by atoms with van der Waals surface area (Å²) in [6.07, 6.45) is -4.16. The fourth-order valence-electron chi connectivity index (χ4n) is 0.632. The van der Waals surface area contributed by atoms with Gasteiger partial charge < -0.3 is 15.2 Å². The molecule has 1 atom stereocenters. The van der Waals surface area contributed by atoms with Crippen LogP contribution in [0.15, 0.2) is 0 Å². The Morgan fingerprint density at radius 1 is 1.47 bits per heavy atom. The Balaban J connectivity index is 0.000000265. The molecule has 0 aromatic rings. The van der Waals surface area contributed by atoms with Gasteiger partial charge in [0, 0.05) is 0 Å². The van der Waals surface area contributed by atoms with Crippen molar-refractivity contribution in [3.63, 3.8) is 0 Å². The summed E-state index contributed by atoms with van der Waals surface area (Å²) in [7, 11) is 1.41. The molecule has 0 amide bonds. The van der Waals surface area contributed by atoms with Gasteiger partial charge in [0.05, 0.1) is 7.11 Å². The van der Waals surface area contributed by atoms with Crippen LogP contribution in [0, 0.1) is 0 Å². The van der Waals surface area contributed by atoms with Gasteiger partial charge in [0.25, 0.3) is 0 Å². The van der Waals surface area contributed by atoms with Crippen molar-refractivity contribution in [3.8, 4) is 0 Å². The predicted molar refractivity (Wildman–Crippen MR) is 42.1 cm³/mol. The molecule has 0 radical (unpaired) electrons. The number of carbonyl (C=O) groups is 2. The van der Waals surface area contributed by atoms with Gasteiger partial charge in [-0.25, -0.2) is 4.79 Å². The Kier molecular flexibility index (Phi) is 5.06. The molecule has 88 valence electrons. The summed E-state index contributed by atoms with van der Waals surface area (Å²) in [6.45, 7) is 0.944. The quantitative estimate of drug-likeness (QED) is 0.626. The Labute approximate surface area is 83.2 Å². The van der Waals surface area contributed by atoms with Gasteiger partial charge >= 0.3 is 18.1 Å². The van der Waals surface area contributed by atoms with E-state index >= 15 is 0 Å². The summed E-state index contributed by atoms with van der Waals surface area (Å²) in [5, 5.41) is 10.0. The zero-order valence-electron chi connectivity index (χ0n) is 7.80. The fourth-order valence-corrected chi connectivity index (χ4v) is 0.632. The topological polar surface area (TPSA) is 75.6 Å². The van der Waals surface area contributed by atoms with E-state index in [4.69, 9.17) is 9.90 Å². The van der Waals surface area contributed by atoms with E-state index in [9.17, 15) is 18.0 Å². The molecule has 0 bridgehead atoms. The van der Waals surface area contributed by atoms with Crippen molar-refractivity contribution in [2.24, 2.45) is 0 Å². The van der Waals surface area contributed by atoms with E-state index in [1.54, 1.807) is 0 Å². The van der Waals surface area contributed by atoms with Crippen LogP contribution >= 0.6 is 0 Å². The Hall–Kier alpha value is -1.31. The zero-order chi connectivity index (χ0) is 12.1. The molecule has 0 spiro atoms. The Bertz CT molecular complexity index is 237. The molecule has 0 saturated carbocycles. The maximum absolute atomic E-state index is 10.6. The minimum absolute atomic E-state index is 0.0139. The number of aliphatic carboxylic acids is 1. The van der Waals surface area contributed by atoms with E-state index < -0.39 is 12.1 Å². The number of hydrogen-bond acceptors (Lipinski definition) is 4. The SMILES string of the molecule is COC(=O)[C@H]1CCN1.O=C(O)C(F)(F)F. The van der Waals surface area contributed by atoms with Crippen LogP contribution in [0.4, 0.5) is 13.2 Å². The number of methoxy groups -OCH3 is 1. The third kappa shape index (κ3) is 5.21. The standard InChI is InChI=1S/C5H9NO2.C2HF3O2/c1-8-5(7)4-2-3-6-4;3-2(4,5)1(6)7/h4,6H,2-3H2,1H3;(H,6,7)/t4-;/m1./s1. The summed E-state index contributed by atoms with van der Waals surface area (Å²) in [4.78, 5) is 19.4. The average Bonchev–Trinajstić information content (AvgIpc) is 2.00. The number of esters is 1. The van der Waals surface area contributed by atoms with Gasteiger partial charge in [-0.05, 0) is 13.0 Å². The van der Waals surface area contributed by atoms with E-state index in [1.807, 2.05) is 0 Å². The van der Waals surface area contributed by atoms with Crippen LogP contribution in [-0.2, 0) is 14.3 Å². The molecular formula is C7H10F3NO4. The molecule has 0 aliphatic carbocycles. The maximum atomic E-state index is 10.6. The fraction of sp³-hybridized carbons (Fsp3) is 0.714. The highest BCUT2D eigenvalue weighted by Crippen LogP contribution is 2.13. The zero-order valence-corrected chi connectivity index (χ0v) is 7.80. The molecule has 0 aromatic carbocycles. The Morgan fingerprint density at radius 2 is 1.87 bits per heavy atom. The minimum Gasteiger partial charge on any atom is -0.475 e. The third-order valence-corrected chi connectivity index (χ3v) is 1.55. The molecule has 2 N–H and O–H groups in total. The molecule has 15 heavy (non-hydrogen) atoms. The van der Waals surface area contributed by atoms with Gasteiger partial charge in [-0.1, -0.05) is 0 Å². The minimum atomic E-state index is -5.08. The summed E-state index contributed by atoms with van der Waals surface area (Å²) >= 11 is 0. The third-order valence-electron chi connectivity index (χ3n) is 1.55. The maximum Gasteiger partial charge on any atom is 0.490 e. The lowest BCUT2D eigenvalue weighted by Crippen LogP contribution is -2.48. The highest BCUT2D eigenvalue weighted by Gasteiger charge is 2.38. The van der Waals surface area contributed by atoms with Crippen molar-refractivity contribution in [1.29, 1.82) is 0 Å². The second kappa shape index (κ2) is 5.54. The first-order valence-corrected chi connectivity index (χ1v) is 3.90. The number of nitrogens with one attached hydrogen (secondary N) is 1. The number of alkyl halides is 3. The monoisotopic (exact) mass is 229 g/mol. The van der Waals surface area contributed by atoms with Crippen LogP contribution in [0.3, 0.4) is 0 Å². The largest absolute Gasteiger partial charge is 0.490 e. The van der Waals surface area contributed by atoms with Gasteiger partial charge in [0.15, 0.2) is 0 Å². The van der Waals surface area contributed by atoms with Crippen LogP contribution in [0.1, 0.15) is 6.42 Å². The number of halogens is 3. The normalized spacial score (nSPS) is 19.3. The lowest BCUT2D eigenvalue weighted by molar-refractivity contribution is -0.192. The van der Waals surface area contributed by atoms with Gasteiger partial charge in [-0.15, -0.1) is 0 Å². The first-order valence-electron chi connectivity index (χ1n) is 3.90. The number of carboxylic acids is 1. The molecule has 1 aliphatic rings. The molecule has 1 rings (SSSR count). The second-order valence-corrected chi connectivity index (χ2v) is 2.62. The highest BCUT2D eigenvalue weighted by atomic mass is 19.4. The average molecular weight is 229 g/mol. The molecule has 8 heteroatoms. The smallest absolute Gasteiger partial charge is 0.475 e. The van der Waals surface area contributed by atoms with Crippen LogP contribution in [0.25, 0.3) is 0 Å². The summed E-state index contributed by atoms with van der Waals surface area (Å²) in [5.41, 5.74) is 0. The van der Waals surface area contributed by atoms with E-state index in [0.29, 0.717) is 0 Å². The van der Waals surface area contributed by atoms with E-state index in [2.05, 4.69) is 10.1 Å². The van der Waals surface area contributed by atoms with E-state index in [0.717, 1.165) is 13.0 Å². The van der Waals surface area contributed by atoms with Gasteiger partial charge in [-0.2, -0.15) is 13.2 Å². The van der Waals surface area contributed by atoms with E-state index in [-0.39, 0.29) is 12.0 Å². The van der Waals surface area contributed by atoms with Crippen LogP contribution in [0.5, 0.6) is 0 Å². The van der Waals surface area contributed by atoms with Crippen molar-refractivity contribution in [3.05, 3.63) is 0 Å². The summed E-state index contributed by atoms with van der Waals surface area (Å²) in [6, 6.07) is -0.0139. The second-order valence-electron chi connectivity index (χ2n) is 2.62. The first kappa shape index (κ1) is 13.7. The number of carbonyl (C=O) groups excluding carboxylic acids is 1. The van der Waals surface area contributed by atoms with Crippen molar-refractivity contribution < 1.29 is 32.6 Å². The lowest BCUT2D eigenvalue weighted by Gasteiger charge is -2.24. The molecule has 1 saturated heterocycles. The molecule has 1 aliphatic heterocycles. The summed E-state index contributed by atoms with van der Waals surface area (Å²) < 4.78 is 36.2. The first-order chi connectivity index (χ1) is 6.79. The number of hydrogen-bond donors (Lipinski definition) is 2. The van der Waals surface area contributed by atoms with E-state index in [1.165, 1.54) is 7.11 Å². The van der Waals surface area contributed by atoms with Crippen LogP contribution in [0.2, 0.25) is 0 Å². The highest BCUT2D eigenvalue weighted by molar-refractivity contribution is 5.76. The van der Waals surface area contributed by atoms with Gasteiger partial charge in [0.2, 0.25) is 0 Å². The van der Waals surface area contributed by atoms with Crippen molar-refractivity contribution in [2.45, 2.75) is 18.6 Å².